The quantitative estimate of drug-likeness (QED) is 0.842. The summed E-state index contributed by atoms with van der Waals surface area (Å²) in [5, 5.41) is 11.2. The Kier molecular flexibility index (Phi) is 5.37. The van der Waals surface area contributed by atoms with Crippen molar-refractivity contribution in [3.05, 3.63) is 40.7 Å². The molecule has 1 amide bonds. The Morgan fingerprint density at radius 2 is 2.38 bits per heavy atom. The van der Waals surface area contributed by atoms with Gasteiger partial charge in [0.1, 0.15) is 0 Å². The maximum absolute atomic E-state index is 12.2. The molecule has 3 rings (SSSR count). The first-order valence-corrected chi connectivity index (χ1v) is 8.52. The van der Waals surface area contributed by atoms with Crippen molar-refractivity contribution in [3.8, 4) is 5.75 Å². The van der Waals surface area contributed by atoms with Gasteiger partial charge in [-0.3, -0.25) is 9.48 Å². The summed E-state index contributed by atoms with van der Waals surface area (Å²) >= 11 is 6.13. The van der Waals surface area contributed by atoms with E-state index in [1.54, 1.807) is 18.2 Å². The van der Waals surface area contributed by atoms with E-state index in [2.05, 4.69) is 21.8 Å². The Labute approximate surface area is 146 Å². The van der Waals surface area contributed by atoms with Crippen LogP contribution in [0.1, 0.15) is 24.7 Å². The van der Waals surface area contributed by atoms with Crippen molar-refractivity contribution < 1.29 is 9.53 Å². The number of rotatable bonds is 6. The maximum Gasteiger partial charge on any atom is 0.224 e. The number of carbonyl (C=O) groups excluding carboxylic acids is 1. The van der Waals surface area contributed by atoms with Gasteiger partial charge < -0.3 is 15.4 Å². The van der Waals surface area contributed by atoms with Crippen LogP contribution in [0.5, 0.6) is 5.75 Å². The number of hydrogen-bond donors (Lipinski definition) is 2. The van der Waals surface area contributed by atoms with E-state index in [0.29, 0.717) is 35.9 Å². The number of aromatic nitrogens is 2. The first kappa shape index (κ1) is 16.8. The number of carbonyl (C=O) groups is 1. The fourth-order valence-corrected chi connectivity index (χ4v) is 2.96. The van der Waals surface area contributed by atoms with Crippen LogP contribution >= 0.6 is 11.6 Å². The molecule has 0 aliphatic carbocycles. The van der Waals surface area contributed by atoms with Crippen molar-refractivity contribution in [2.45, 2.75) is 32.9 Å². The van der Waals surface area contributed by atoms with Gasteiger partial charge in [0.2, 0.25) is 5.91 Å². The SMILES string of the molecule is CCOc1c(Cl)cccc1NC(=O)CCc1cc2n(n1)CCNC2. The zero-order valence-corrected chi connectivity index (χ0v) is 14.4. The molecule has 2 N–H and O–H groups in total. The summed E-state index contributed by atoms with van der Waals surface area (Å²) in [6, 6.07) is 7.38. The largest absolute Gasteiger partial charge is 0.490 e. The molecule has 1 aliphatic rings. The van der Waals surface area contributed by atoms with Gasteiger partial charge in [0.15, 0.2) is 5.75 Å². The number of nitrogens with zero attached hydrogens (tertiary/aromatic N) is 2. The second-order valence-corrected chi connectivity index (χ2v) is 6.03. The fraction of sp³-hybridized carbons (Fsp3) is 0.412. The second-order valence-electron chi connectivity index (χ2n) is 5.62. The number of hydrogen-bond acceptors (Lipinski definition) is 4. The van der Waals surface area contributed by atoms with Crippen molar-refractivity contribution in [2.24, 2.45) is 0 Å². The van der Waals surface area contributed by atoms with Crippen LogP contribution in [0, 0.1) is 0 Å². The molecule has 0 atom stereocenters. The van der Waals surface area contributed by atoms with Gasteiger partial charge >= 0.3 is 0 Å². The van der Waals surface area contributed by atoms with Crippen LogP contribution in [0.25, 0.3) is 0 Å². The number of amides is 1. The Balaban J connectivity index is 1.60. The molecule has 2 aromatic rings. The minimum absolute atomic E-state index is 0.0812. The van der Waals surface area contributed by atoms with Crippen LogP contribution in [0.3, 0.4) is 0 Å². The predicted octanol–water partition coefficient (Wildman–Crippen LogP) is 2.61. The molecular formula is C17H21ClN4O2. The molecule has 2 heterocycles. The summed E-state index contributed by atoms with van der Waals surface area (Å²) in [6.45, 7) is 5.01. The molecule has 0 saturated carbocycles. The Morgan fingerprint density at radius 1 is 1.50 bits per heavy atom. The first-order valence-electron chi connectivity index (χ1n) is 8.15. The lowest BCUT2D eigenvalue weighted by Gasteiger charge is -2.13. The zero-order valence-electron chi connectivity index (χ0n) is 13.6. The molecule has 6 nitrogen and oxygen atoms in total. The minimum Gasteiger partial charge on any atom is -0.490 e. The van der Waals surface area contributed by atoms with Crippen molar-refractivity contribution in [2.75, 3.05) is 18.5 Å². The molecule has 0 saturated heterocycles. The molecule has 24 heavy (non-hydrogen) atoms. The number of para-hydroxylation sites is 1. The van der Waals surface area contributed by atoms with Gasteiger partial charge in [-0.15, -0.1) is 0 Å². The lowest BCUT2D eigenvalue weighted by Crippen LogP contribution is -2.28. The summed E-state index contributed by atoms with van der Waals surface area (Å²) in [5.41, 5.74) is 2.72. The number of benzene rings is 1. The van der Waals surface area contributed by atoms with E-state index in [-0.39, 0.29) is 5.91 Å². The molecule has 0 radical (unpaired) electrons. The van der Waals surface area contributed by atoms with Gasteiger partial charge in [0.25, 0.3) is 0 Å². The third kappa shape index (κ3) is 3.88. The van der Waals surface area contributed by atoms with Crippen molar-refractivity contribution >= 4 is 23.2 Å². The summed E-state index contributed by atoms with van der Waals surface area (Å²) < 4.78 is 7.53. The van der Waals surface area contributed by atoms with E-state index in [4.69, 9.17) is 16.3 Å². The Hall–Kier alpha value is -2.05. The number of halogens is 1. The monoisotopic (exact) mass is 348 g/mol. The third-order valence-corrected chi connectivity index (χ3v) is 4.16. The molecule has 0 fully saturated rings. The fourth-order valence-electron chi connectivity index (χ4n) is 2.73. The van der Waals surface area contributed by atoms with Gasteiger partial charge in [-0.25, -0.2) is 0 Å². The zero-order chi connectivity index (χ0) is 16.9. The lowest BCUT2D eigenvalue weighted by molar-refractivity contribution is -0.116. The number of fused-ring (bicyclic) bond motifs is 1. The second kappa shape index (κ2) is 7.68. The topological polar surface area (TPSA) is 68.2 Å². The molecule has 1 aliphatic heterocycles. The molecule has 1 aromatic carbocycles. The van der Waals surface area contributed by atoms with E-state index in [1.807, 2.05) is 11.6 Å². The van der Waals surface area contributed by atoms with Gasteiger partial charge in [0, 0.05) is 25.9 Å². The number of ether oxygens (including phenoxy) is 1. The summed E-state index contributed by atoms with van der Waals surface area (Å²) in [7, 11) is 0. The number of nitrogens with one attached hydrogen (secondary N) is 2. The van der Waals surface area contributed by atoms with E-state index in [0.717, 1.165) is 25.3 Å². The Morgan fingerprint density at radius 3 is 3.17 bits per heavy atom. The van der Waals surface area contributed by atoms with Gasteiger partial charge in [-0.2, -0.15) is 5.10 Å². The average molecular weight is 349 g/mol. The van der Waals surface area contributed by atoms with Gasteiger partial charge in [-0.1, -0.05) is 17.7 Å². The molecule has 0 bridgehead atoms. The standard InChI is InChI=1S/C17H21ClN4O2/c1-2-24-17-14(18)4-3-5-15(17)20-16(23)7-6-12-10-13-11-19-8-9-22(13)21-12/h3-5,10,19H,2,6-9,11H2,1H3,(H,20,23). The van der Waals surface area contributed by atoms with Crippen LogP contribution < -0.4 is 15.4 Å². The summed E-state index contributed by atoms with van der Waals surface area (Å²) in [4.78, 5) is 12.2. The minimum atomic E-state index is -0.0812. The van der Waals surface area contributed by atoms with Crippen LogP contribution in [0.15, 0.2) is 24.3 Å². The molecule has 0 unspecified atom stereocenters. The van der Waals surface area contributed by atoms with Crippen LogP contribution in [0.2, 0.25) is 5.02 Å². The molecule has 7 heteroatoms. The predicted molar refractivity (Wildman–Crippen MR) is 93.5 cm³/mol. The van der Waals surface area contributed by atoms with Crippen molar-refractivity contribution in [3.63, 3.8) is 0 Å². The molecule has 0 spiro atoms. The van der Waals surface area contributed by atoms with E-state index < -0.39 is 0 Å². The molecule has 1 aromatic heterocycles. The first-order chi connectivity index (χ1) is 11.7. The highest BCUT2D eigenvalue weighted by atomic mass is 35.5. The van der Waals surface area contributed by atoms with Gasteiger partial charge in [0.05, 0.1) is 35.2 Å². The number of aryl methyl sites for hydroxylation is 1. The van der Waals surface area contributed by atoms with E-state index in [9.17, 15) is 4.79 Å². The summed E-state index contributed by atoms with van der Waals surface area (Å²) in [5.74, 6) is 0.431. The third-order valence-electron chi connectivity index (χ3n) is 3.86. The van der Waals surface area contributed by atoms with Crippen LogP contribution in [-0.2, 0) is 24.3 Å². The lowest BCUT2D eigenvalue weighted by atomic mass is 10.2. The highest BCUT2D eigenvalue weighted by Crippen LogP contribution is 2.32. The summed E-state index contributed by atoms with van der Waals surface area (Å²) in [6.07, 6.45) is 0.971. The van der Waals surface area contributed by atoms with Crippen molar-refractivity contribution in [1.82, 2.24) is 15.1 Å². The highest BCUT2D eigenvalue weighted by molar-refractivity contribution is 6.32. The van der Waals surface area contributed by atoms with E-state index in [1.165, 1.54) is 5.69 Å². The Bertz CT molecular complexity index is 706. The van der Waals surface area contributed by atoms with Crippen LogP contribution in [0.4, 0.5) is 5.69 Å². The molecular weight excluding hydrogens is 328 g/mol. The van der Waals surface area contributed by atoms with Crippen LogP contribution in [-0.4, -0.2) is 28.8 Å². The van der Waals surface area contributed by atoms with Gasteiger partial charge in [-0.05, 0) is 25.1 Å². The smallest absolute Gasteiger partial charge is 0.224 e. The normalized spacial score (nSPS) is 13.4. The van der Waals surface area contributed by atoms with Crippen molar-refractivity contribution in [1.29, 1.82) is 0 Å². The van der Waals surface area contributed by atoms with E-state index >= 15 is 0 Å². The molecule has 128 valence electrons. The average Bonchev–Trinajstić information content (AvgIpc) is 2.99. The number of anilines is 1. The maximum atomic E-state index is 12.2. The highest BCUT2D eigenvalue weighted by Gasteiger charge is 2.14.